The Kier molecular flexibility index (Phi) is 41.2. The second kappa shape index (κ2) is 51.7. The maximum atomic E-state index is 12.8. The number of benzene rings is 4. The van der Waals surface area contributed by atoms with Gasteiger partial charge in [-0.1, -0.05) is 212 Å². The van der Waals surface area contributed by atoms with Gasteiger partial charge in [-0.25, -0.2) is 28.4 Å². The van der Waals surface area contributed by atoms with Crippen molar-refractivity contribution in [2.24, 2.45) is 17.8 Å². The number of anilines is 3. The predicted molar refractivity (Wildman–Crippen MR) is 516 cm³/mol. The molecule has 0 saturated carbocycles. The molecule has 4 unspecified atom stereocenters. The van der Waals surface area contributed by atoms with Gasteiger partial charge in [-0.05, 0) is 174 Å². The predicted octanol–water partition coefficient (Wildman–Crippen LogP) is 18.4. The number of halogens is 1. The van der Waals surface area contributed by atoms with Gasteiger partial charge < -0.3 is 73.2 Å². The summed E-state index contributed by atoms with van der Waals surface area (Å²) in [5.74, 6) is -0.419. The number of fused-ring (bicyclic) bond motifs is 3. The first-order chi connectivity index (χ1) is 62.8. The summed E-state index contributed by atoms with van der Waals surface area (Å²) in [4.78, 5) is 87.3. The molecule has 6 N–H and O–H groups in total. The summed E-state index contributed by atoms with van der Waals surface area (Å²) >= 11 is 6.33. The van der Waals surface area contributed by atoms with Crippen molar-refractivity contribution in [2.75, 3.05) is 61.8 Å². The molecule has 10 saturated heterocycles. The smallest absolute Gasteiger partial charge is 0.351 e. The summed E-state index contributed by atoms with van der Waals surface area (Å²) in [5.41, 5.74) is 3.25. The van der Waals surface area contributed by atoms with Gasteiger partial charge in [0.05, 0.1) is 61.0 Å². The summed E-state index contributed by atoms with van der Waals surface area (Å²) in [6.45, 7) is 31.0. The zero-order chi connectivity index (χ0) is 92.5. The molecule has 30 nitrogen and oxygen atoms in total. The van der Waals surface area contributed by atoms with Crippen molar-refractivity contribution in [3.63, 3.8) is 0 Å². The Balaban J connectivity index is 0.000000162. The highest BCUT2D eigenvalue weighted by Crippen LogP contribution is 2.62. The minimum absolute atomic E-state index is 0. The van der Waals surface area contributed by atoms with Gasteiger partial charge in [0.25, 0.3) is 17.1 Å². The Morgan fingerprint density at radius 3 is 1.17 bits per heavy atom. The third-order valence-electron chi connectivity index (χ3n) is 25.4. The van der Waals surface area contributed by atoms with Gasteiger partial charge in [0.15, 0.2) is 0 Å². The number of aliphatic hydroxyl groups excluding tert-OH is 2. The number of nitrogens with one attached hydrogen (secondary N) is 4. The molecule has 7 aromatic rings. The van der Waals surface area contributed by atoms with E-state index < -0.39 is 66.6 Å². The minimum atomic E-state index is -1.23. The van der Waals surface area contributed by atoms with Crippen molar-refractivity contribution in [3.05, 3.63) is 212 Å². The number of amides is 3. The summed E-state index contributed by atoms with van der Waals surface area (Å²) < 4.78 is 62.0. The van der Waals surface area contributed by atoms with Crippen LogP contribution < -0.4 is 38.3 Å². The van der Waals surface area contributed by atoms with Gasteiger partial charge in [0.1, 0.15) is 36.1 Å². The molecule has 10 aliphatic rings. The van der Waals surface area contributed by atoms with Crippen LogP contribution in [0.4, 0.5) is 17.5 Å². The summed E-state index contributed by atoms with van der Waals surface area (Å²) in [6, 6.07) is 48.0. The van der Waals surface area contributed by atoms with Gasteiger partial charge >= 0.3 is 17.1 Å². The molecule has 34 heteroatoms. The highest BCUT2D eigenvalue weighted by molar-refractivity contribution is 7.78. The number of carbonyl (C=O) groups is 3. The lowest BCUT2D eigenvalue weighted by Crippen LogP contribution is -2.35. The van der Waals surface area contributed by atoms with Crippen molar-refractivity contribution in [2.45, 2.75) is 310 Å². The maximum Gasteiger partial charge on any atom is 0.351 e. The average molecular weight is 1890 g/mol. The fourth-order valence-electron chi connectivity index (χ4n) is 17.8. The lowest BCUT2D eigenvalue weighted by molar-refractivity contribution is -0.119. The molecule has 0 aliphatic carbocycles. The maximum absolute atomic E-state index is 12.8. The van der Waals surface area contributed by atoms with E-state index in [4.69, 9.17) is 48.1 Å². The molecule has 10 fully saturated rings. The van der Waals surface area contributed by atoms with Crippen LogP contribution in [0.1, 0.15) is 271 Å². The van der Waals surface area contributed by atoms with Crippen molar-refractivity contribution in [1.82, 2.24) is 52.9 Å². The van der Waals surface area contributed by atoms with Crippen LogP contribution in [0.15, 0.2) is 173 Å². The zero-order valence-electron chi connectivity index (χ0n) is 77.5. The fraction of sp³-hybridized carbons (Fsp3) is 0.598. The molecule has 0 radical (unpaired) electrons. The van der Waals surface area contributed by atoms with Gasteiger partial charge in [-0.2, -0.15) is 15.0 Å². The number of aromatic nitrogens is 6. The van der Waals surface area contributed by atoms with E-state index in [1.165, 1.54) is 81.9 Å². The van der Waals surface area contributed by atoms with Gasteiger partial charge in [-0.3, -0.25) is 28.1 Å². The quantitative estimate of drug-likeness (QED) is 0.0290. The van der Waals surface area contributed by atoms with E-state index in [1.54, 1.807) is 72.1 Å². The van der Waals surface area contributed by atoms with E-state index in [1.807, 2.05) is 55.5 Å². The van der Waals surface area contributed by atoms with Crippen LogP contribution in [0, 0.1) is 17.8 Å². The zero-order valence-corrected chi connectivity index (χ0v) is 81.0. The summed E-state index contributed by atoms with van der Waals surface area (Å²) in [5, 5.41) is 31.1. The Bertz CT molecular complexity index is 4640. The largest absolute Gasteiger partial charge is 0.390 e. The number of carbonyl (C=O) groups excluding carboxylic acids is 3. The van der Waals surface area contributed by atoms with Crippen molar-refractivity contribution in [1.29, 1.82) is 0 Å². The van der Waals surface area contributed by atoms with Crippen LogP contribution in [0.25, 0.3) is 0 Å². The van der Waals surface area contributed by atoms with Crippen LogP contribution in [-0.2, 0) is 51.2 Å². The van der Waals surface area contributed by atoms with E-state index in [9.17, 15) is 39.0 Å². The lowest BCUT2D eigenvalue weighted by Gasteiger charge is -2.41. The minimum Gasteiger partial charge on any atom is -0.390 e. The second-order valence-electron chi connectivity index (χ2n) is 35.5. The Morgan fingerprint density at radius 1 is 0.481 bits per heavy atom. The highest BCUT2D eigenvalue weighted by Gasteiger charge is 2.49. The molecule has 3 amide bonds. The van der Waals surface area contributed by atoms with Crippen LogP contribution in [-0.4, -0.2) is 182 Å². The summed E-state index contributed by atoms with van der Waals surface area (Å²) in [7, 11) is -3.35. The molecule has 10 aliphatic heterocycles. The number of ether oxygens (including phenoxy) is 3. The standard InChI is InChI=1S/2C26H35N4O5P.C14H21N3O4.C12H15ClNOP.C12H17NO.C6H15N.CH4/c2*1-4-20-22(16-24(33-20)29-14-12-23(28-26(29)32)27-25(31)17(2)3)35-36-30-13-8-11-19(30)15-21(34-36)18-9-6-5-7-10-18;1-4-10-9(18)7-12(21-10)17-6-5-11(16-14(17)20)15-13(19)8(2)3;13-16-14-8-4-7-11(14)9-12(15-16)10-5-2-1-3-6-10;14-12(9-11-7-4-8-13-11)10-5-2-1-3-6-10;1-4-7(5-2)6-3;/h2*5-7,9-10,12,14,17,19-22,24H,4,8,11,13,15-16H2,1-3H3,(H,27,28,31,32);5-6,8-10,12,18H,4,7H2,1-3H3,(H,15,16,19,20);1-3,5-6,11-12H,4,7-9H2;1-3,5-6,11-14H,4,7-9H2;4-6H2,1-3H3;1H4/t19-,20+,21-,22?,24+,36+;19-,20+,21-,22?,24+,36-;9?,10-,12-;11-,12-,16?;11-,12-;;/m00100../s1. The van der Waals surface area contributed by atoms with E-state index in [0.29, 0.717) is 49.9 Å². The number of rotatable bonds is 25. The average Bonchev–Trinajstić information content (AvgIpc) is 1.66. The van der Waals surface area contributed by atoms with Crippen LogP contribution in [0.2, 0.25) is 0 Å². The molecule has 0 spiro atoms. The highest BCUT2D eigenvalue weighted by atomic mass is 35.7. The number of hydrogen-bond acceptors (Lipinski definition) is 24. The normalized spacial score (nSPS) is 28.1. The molecule has 3 aromatic heterocycles. The molecule has 718 valence electrons. The van der Waals surface area contributed by atoms with Crippen LogP contribution in [0.3, 0.4) is 0 Å². The molecule has 131 heavy (non-hydrogen) atoms. The van der Waals surface area contributed by atoms with Crippen molar-refractivity contribution < 1.29 is 61.4 Å². The molecular weight excluding hydrogens is 1750 g/mol. The first-order valence-electron chi connectivity index (χ1n) is 47.2. The van der Waals surface area contributed by atoms with E-state index >= 15 is 0 Å². The van der Waals surface area contributed by atoms with Crippen LogP contribution in [0.5, 0.6) is 0 Å². The monoisotopic (exact) mass is 1890 g/mol. The molecule has 20 atom stereocenters. The van der Waals surface area contributed by atoms with Crippen LogP contribution >= 0.6 is 35.9 Å². The van der Waals surface area contributed by atoms with E-state index in [-0.39, 0.29) is 115 Å². The van der Waals surface area contributed by atoms with E-state index in [2.05, 4.69) is 163 Å². The van der Waals surface area contributed by atoms with Gasteiger partial charge in [-0.15, -0.1) is 0 Å². The van der Waals surface area contributed by atoms with Gasteiger partial charge in [0.2, 0.25) is 25.4 Å². The Hall–Kier alpha value is -7.09. The molecular formula is C97H142ClN14O16P3. The topological polar surface area (TPSA) is 331 Å². The molecule has 4 aromatic carbocycles. The van der Waals surface area contributed by atoms with Gasteiger partial charge in [0, 0.05) is 99.4 Å². The first kappa shape index (κ1) is 104. The Labute approximate surface area is 782 Å². The lowest BCUT2D eigenvalue weighted by atomic mass is 10.0. The third kappa shape index (κ3) is 29.0. The SMILES string of the molecule is C.CCN(CC)CC.CC[C@H]1O[C@@H](n2ccc(NC(=O)C(C)C)nc2=O)CC1O.CC[C@H]1O[C@@H](n2ccc(NC(=O)C(C)C)nc2=O)CC1O[P@@]1O[C@H](c2ccccc2)C[C@@H]2CCCN21.CC[C@H]1O[C@@H](n2ccc(NC(=O)C(C)C)nc2=O)CC1O[P@]1O[C@H](c2ccccc2)C[C@@H]2CCCN21.ClP1O[C@H](c2ccccc2)C[C@@H]2CCCN21.O[C@@H](C[C@@H]1CCCN1)c1ccccc1. The van der Waals surface area contributed by atoms with Crippen molar-refractivity contribution in [3.8, 4) is 0 Å². The second-order valence-corrected chi connectivity index (χ2v) is 40.4. The van der Waals surface area contributed by atoms with Crippen molar-refractivity contribution >= 4 is 71.1 Å². The fourth-order valence-corrected chi connectivity index (χ4v) is 23.9. The number of nitrogens with zero attached hydrogens (tertiary/aromatic N) is 10. The molecule has 17 rings (SSSR count). The number of aliphatic hydroxyl groups is 2. The molecule has 0 bridgehead atoms. The Morgan fingerprint density at radius 2 is 0.832 bits per heavy atom. The first-order valence-corrected chi connectivity index (χ1v) is 51.6. The van der Waals surface area contributed by atoms with E-state index in [0.717, 1.165) is 96.0 Å². The summed E-state index contributed by atoms with van der Waals surface area (Å²) in [6.07, 6.45) is 18.9. The molecule has 13 heterocycles. The third-order valence-corrected chi connectivity index (χ3v) is 31.3. The number of hydrogen-bond donors (Lipinski definition) is 6.